The summed E-state index contributed by atoms with van der Waals surface area (Å²) < 4.78 is 24.6. The molecule has 1 atom stereocenters. The first-order chi connectivity index (χ1) is 18.1. The van der Waals surface area contributed by atoms with Crippen molar-refractivity contribution in [3.63, 3.8) is 0 Å². The molecule has 3 aromatic rings. The van der Waals surface area contributed by atoms with Crippen LogP contribution in [-0.4, -0.2) is 34.7 Å². The average molecular weight is 521 g/mol. The number of alkyl carbamates (subject to hydrolysis) is 1. The molecule has 0 fully saturated rings. The number of nitrogens with zero attached hydrogens (tertiary/aromatic N) is 3. The van der Waals surface area contributed by atoms with E-state index in [1.54, 1.807) is 24.3 Å². The minimum absolute atomic E-state index is 0.134. The smallest absolute Gasteiger partial charge is 0.408 e. The van der Waals surface area contributed by atoms with Gasteiger partial charge in [0, 0.05) is 5.54 Å². The molecule has 0 saturated heterocycles. The van der Waals surface area contributed by atoms with E-state index in [1.807, 2.05) is 32.9 Å². The lowest BCUT2D eigenvalue weighted by Crippen LogP contribution is -2.41. The standard InChI is InChI=1S/C27H29FN6O4/c1-27(2,3)34-26(36)38-22(18-7-9-19(28)10-8-18)12-6-17-5-11-21(23(13-17)37-4)32-25(35)33-24-16-30-20(14-29)15-31-24/h5,7-11,13,15-16,22H,6,12H2,1-4H3,(H,34,36)(H2,31,32,33,35). The highest BCUT2D eigenvalue weighted by Crippen LogP contribution is 2.29. The predicted octanol–water partition coefficient (Wildman–Crippen LogP) is 5.34. The van der Waals surface area contributed by atoms with Crippen molar-refractivity contribution in [3.05, 3.63) is 77.5 Å². The van der Waals surface area contributed by atoms with Gasteiger partial charge in [-0.15, -0.1) is 0 Å². The number of aryl methyl sites for hydroxylation is 1. The summed E-state index contributed by atoms with van der Waals surface area (Å²) in [6, 6.07) is 12.4. The number of carbonyl (C=O) groups is 2. The Kier molecular flexibility index (Phi) is 9.16. The Balaban J connectivity index is 1.68. The van der Waals surface area contributed by atoms with Gasteiger partial charge in [0.25, 0.3) is 0 Å². The summed E-state index contributed by atoms with van der Waals surface area (Å²) in [4.78, 5) is 32.6. The molecule has 0 bridgehead atoms. The number of hydrogen-bond acceptors (Lipinski definition) is 7. The topological polar surface area (TPSA) is 138 Å². The van der Waals surface area contributed by atoms with Gasteiger partial charge in [0.05, 0.1) is 25.2 Å². The van der Waals surface area contributed by atoms with Gasteiger partial charge in [0.1, 0.15) is 23.7 Å². The number of aromatic nitrogens is 2. The number of nitrogens with one attached hydrogen (secondary N) is 3. The fourth-order valence-corrected chi connectivity index (χ4v) is 3.45. The molecule has 1 aromatic heterocycles. The maximum Gasteiger partial charge on any atom is 0.408 e. The van der Waals surface area contributed by atoms with Gasteiger partial charge < -0.3 is 20.1 Å². The van der Waals surface area contributed by atoms with Crippen molar-refractivity contribution in [2.45, 2.75) is 45.3 Å². The van der Waals surface area contributed by atoms with E-state index >= 15 is 0 Å². The molecule has 38 heavy (non-hydrogen) atoms. The van der Waals surface area contributed by atoms with Crippen LogP contribution in [0, 0.1) is 17.1 Å². The summed E-state index contributed by atoms with van der Waals surface area (Å²) >= 11 is 0. The predicted molar refractivity (Wildman–Crippen MR) is 139 cm³/mol. The normalized spacial score (nSPS) is 11.6. The van der Waals surface area contributed by atoms with Gasteiger partial charge in [-0.25, -0.2) is 23.9 Å². The third-order valence-electron chi connectivity index (χ3n) is 5.19. The zero-order chi connectivity index (χ0) is 27.7. The van der Waals surface area contributed by atoms with Crippen LogP contribution < -0.4 is 20.7 Å². The van der Waals surface area contributed by atoms with E-state index < -0.39 is 23.8 Å². The molecule has 3 N–H and O–H groups in total. The molecule has 0 saturated carbocycles. The minimum Gasteiger partial charge on any atom is -0.495 e. The van der Waals surface area contributed by atoms with E-state index in [9.17, 15) is 14.0 Å². The van der Waals surface area contributed by atoms with Crippen LogP contribution in [0.25, 0.3) is 0 Å². The Bertz CT molecular complexity index is 1300. The number of methoxy groups -OCH3 is 1. The highest BCUT2D eigenvalue weighted by molar-refractivity contribution is 6.00. The number of carbonyl (C=O) groups excluding carboxylic acids is 2. The summed E-state index contributed by atoms with van der Waals surface area (Å²) in [5.74, 6) is 0.224. The maximum absolute atomic E-state index is 13.5. The lowest BCUT2D eigenvalue weighted by atomic mass is 10.0. The summed E-state index contributed by atoms with van der Waals surface area (Å²) in [7, 11) is 1.48. The van der Waals surface area contributed by atoms with Gasteiger partial charge in [-0.05, 0) is 69.0 Å². The fourth-order valence-electron chi connectivity index (χ4n) is 3.45. The van der Waals surface area contributed by atoms with Crippen LogP contribution in [0.2, 0.25) is 0 Å². The SMILES string of the molecule is COc1cc(CCC(OC(=O)NC(C)(C)C)c2ccc(F)cc2)ccc1NC(=O)Nc1cnc(C#N)cn1. The number of ether oxygens (including phenoxy) is 2. The van der Waals surface area contributed by atoms with Crippen LogP contribution in [-0.2, 0) is 11.2 Å². The first-order valence-electron chi connectivity index (χ1n) is 11.8. The molecule has 3 rings (SSSR count). The molecule has 0 spiro atoms. The zero-order valence-electron chi connectivity index (χ0n) is 21.5. The van der Waals surface area contributed by atoms with Gasteiger partial charge >= 0.3 is 12.1 Å². The number of anilines is 2. The number of nitriles is 1. The largest absolute Gasteiger partial charge is 0.495 e. The van der Waals surface area contributed by atoms with Crippen molar-refractivity contribution >= 4 is 23.6 Å². The highest BCUT2D eigenvalue weighted by Gasteiger charge is 2.21. The Labute approximate surface area is 220 Å². The quantitative estimate of drug-likeness (QED) is 0.364. The molecule has 11 heteroatoms. The third-order valence-corrected chi connectivity index (χ3v) is 5.19. The number of halogens is 1. The third kappa shape index (κ3) is 8.44. The molecular weight excluding hydrogens is 491 g/mol. The van der Waals surface area contributed by atoms with Crippen molar-refractivity contribution in [3.8, 4) is 11.8 Å². The molecule has 3 amide bonds. The molecule has 198 valence electrons. The molecular formula is C27H29FN6O4. The number of rotatable bonds is 8. The maximum atomic E-state index is 13.5. The number of urea groups is 1. The Hall–Kier alpha value is -4.72. The van der Waals surface area contributed by atoms with E-state index in [0.717, 1.165) is 5.56 Å². The second-order valence-corrected chi connectivity index (χ2v) is 9.37. The van der Waals surface area contributed by atoms with Crippen LogP contribution in [0.3, 0.4) is 0 Å². The van der Waals surface area contributed by atoms with Crippen molar-refractivity contribution in [1.29, 1.82) is 5.26 Å². The molecule has 0 aliphatic carbocycles. The first kappa shape index (κ1) is 27.9. The van der Waals surface area contributed by atoms with Crippen molar-refractivity contribution in [2.75, 3.05) is 17.7 Å². The molecule has 1 heterocycles. The summed E-state index contributed by atoms with van der Waals surface area (Å²) in [6.07, 6.45) is 2.29. The lowest BCUT2D eigenvalue weighted by Gasteiger charge is -2.24. The van der Waals surface area contributed by atoms with Gasteiger partial charge in [0.2, 0.25) is 0 Å². The Morgan fingerprint density at radius 1 is 1.08 bits per heavy atom. The van der Waals surface area contributed by atoms with Crippen LogP contribution in [0.15, 0.2) is 54.9 Å². The van der Waals surface area contributed by atoms with Crippen molar-refractivity contribution in [2.24, 2.45) is 0 Å². The van der Waals surface area contributed by atoms with Crippen LogP contribution in [0.1, 0.15) is 50.1 Å². The van der Waals surface area contributed by atoms with Crippen molar-refractivity contribution in [1.82, 2.24) is 15.3 Å². The monoisotopic (exact) mass is 520 g/mol. The van der Waals surface area contributed by atoms with Gasteiger partial charge in [-0.1, -0.05) is 18.2 Å². The van der Waals surface area contributed by atoms with E-state index in [0.29, 0.717) is 29.8 Å². The minimum atomic E-state index is -0.610. The van der Waals surface area contributed by atoms with Crippen LogP contribution in [0.4, 0.5) is 25.5 Å². The number of amides is 3. The fraction of sp³-hybridized carbons (Fsp3) is 0.296. The second-order valence-electron chi connectivity index (χ2n) is 9.37. The first-order valence-corrected chi connectivity index (χ1v) is 11.8. The summed E-state index contributed by atoms with van der Waals surface area (Å²) in [6.45, 7) is 5.54. The molecule has 0 aliphatic rings. The van der Waals surface area contributed by atoms with E-state index in [-0.39, 0.29) is 17.3 Å². The Morgan fingerprint density at radius 2 is 1.82 bits per heavy atom. The van der Waals surface area contributed by atoms with Gasteiger partial charge in [0.15, 0.2) is 11.5 Å². The number of hydrogen-bond donors (Lipinski definition) is 3. The average Bonchev–Trinajstić information content (AvgIpc) is 2.87. The molecule has 1 unspecified atom stereocenters. The molecule has 0 aliphatic heterocycles. The van der Waals surface area contributed by atoms with E-state index in [1.165, 1.54) is 31.6 Å². The van der Waals surface area contributed by atoms with E-state index in [2.05, 4.69) is 25.9 Å². The van der Waals surface area contributed by atoms with Crippen LogP contribution in [0.5, 0.6) is 5.75 Å². The Morgan fingerprint density at radius 3 is 2.42 bits per heavy atom. The van der Waals surface area contributed by atoms with Crippen LogP contribution >= 0.6 is 0 Å². The lowest BCUT2D eigenvalue weighted by molar-refractivity contribution is 0.0863. The molecule has 2 aromatic carbocycles. The second kappa shape index (κ2) is 12.5. The van der Waals surface area contributed by atoms with Gasteiger partial charge in [-0.2, -0.15) is 5.26 Å². The molecule has 0 radical (unpaired) electrons. The summed E-state index contributed by atoms with van der Waals surface area (Å²) in [5, 5.41) is 16.8. The highest BCUT2D eigenvalue weighted by atomic mass is 19.1. The van der Waals surface area contributed by atoms with Crippen molar-refractivity contribution < 1.29 is 23.5 Å². The molecule has 10 nitrogen and oxygen atoms in total. The zero-order valence-corrected chi connectivity index (χ0v) is 21.5. The summed E-state index contributed by atoms with van der Waals surface area (Å²) in [5.41, 5.74) is 1.63. The van der Waals surface area contributed by atoms with E-state index in [4.69, 9.17) is 14.7 Å². The number of benzene rings is 2. The van der Waals surface area contributed by atoms with Gasteiger partial charge in [-0.3, -0.25) is 5.32 Å².